The number of halogens is 3. The lowest BCUT2D eigenvalue weighted by Crippen LogP contribution is -2.29. The molecule has 1 aliphatic heterocycles. The van der Waals surface area contributed by atoms with Gasteiger partial charge in [-0.1, -0.05) is 6.42 Å². The van der Waals surface area contributed by atoms with E-state index >= 15 is 0 Å². The predicted molar refractivity (Wildman–Crippen MR) is 79.1 cm³/mol. The van der Waals surface area contributed by atoms with Gasteiger partial charge in [-0.15, -0.1) is 5.10 Å². The first kappa shape index (κ1) is 16.8. The molecule has 0 aliphatic carbocycles. The Morgan fingerprint density at radius 3 is 2.50 bits per heavy atom. The van der Waals surface area contributed by atoms with Crippen LogP contribution in [0, 0.1) is 6.92 Å². The molecular weight excluding hydrogens is 323 g/mol. The van der Waals surface area contributed by atoms with E-state index in [9.17, 15) is 13.2 Å². The Balaban J connectivity index is 1.86. The molecular formula is C15H18F3N5O. The number of hydrogen-bond donors (Lipinski definition) is 0. The third kappa shape index (κ3) is 3.90. The molecule has 6 nitrogen and oxygen atoms in total. The summed E-state index contributed by atoms with van der Waals surface area (Å²) in [6, 6.07) is 3.75. The Morgan fingerprint density at radius 2 is 1.88 bits per heavy atom. The van der Waals surface area contributed by atoms with Crippen LogP contribution in [-0.2, 0) is 17.6 Å². The lowest BCUT2D eigenvalue weighted by Gasteiger charge is -2.25. The fraction of sp³-hybridized carbons (Fsp3) is 0.533. The van der Waals surface area contributed by atoms with Crippen LogP contribution in [0.1, 0.15) is 36.2 Å². The van der Waals surface area contributed by atoms with E-state index < -0.39 is 11.7 Å². The normalized spacial score (nSPS) is 16.5. The van der Waals surface area contributed by atoms with E-state index in [2.05, 4.69) is 15.5 Å². The van der Waals surface area contributed by atoms with Gasteiger partial charge in [-0.25, -0.2) is 0 Å². The minimum Gasteiger partial charge on any atom is -0.294 e. The van der Waals surface area contributed by atoms with Gasteiger partial charge in [0.05, 0.1) is 17.9 Å². The molecule has 3 rings (SSSR count). The van der Waals surface area contributed by atoms with Gasteiger partial charge in [0, 0.05) is 13.1 Å². The van der Waals surface area contributed by atoms with Crippen LogP contribution in [0.4, 0.5) is 13.2 Å². The highest BCUT2D eigenvalue weighted by molar-refractivity contribution is 5.41. The van der Waals surface area contributed by atoms with Gasteiger partial charge in [-0.05, 0) is 54.0 Å². The van der Waals surface area contributed by atoms with Crippen molar-refractivity contribution in [1.29, 1.82) is 0 Å². The number of nitrogens with zero attached hydrogens (tertiary/aromatic N) is 5. The second kappa shape index (κ2) is 6.86. The summed E-state index contributed by atoms with van der Waals surface area (Å²) in [5.74, 6) is 0.414. The molecule has 1 fully saturated rings. The summed E-state index contributed by atoms with van der Waals surface area (Å²) >= 11 is 0. The molecule has 0 atom stereocenters. The highest BCUT2D eigenvalue weighted by Gasteiger charge is 2.31. The summed E-state index contributed by atoms with van der Waals surface area (Å²) in [7, 11) is 0. The van der Waals surface area contributed by atoms with Crippen LogP contribution >= 0.6 is 0 Å². The highest BCUT2D eigenvalue weighted by atomic mass is 19.4. The maximum absolute atomic E-state index is 13.2. The molecule has 1 saturated heterocycles. The number of hydroxylamine groups is 2. The Labute approximate surface area is 137 Å². The third-order valence-corrected chi connectivity index (χ3v) is 3.90. The predicted octanol–water partition coefficient (Wildman–Crippen LogP) is 2.91. The minimum atomic E-state index is -4.45. The molecule has 1 aliphatic rings. The summed E-state index contributed by atoms with van der Waals surface area (Å²) < 4.78 is 40.8. The van der Waals surface area contributed by atoms with Crippen molar-refractivity contribution >= 4 is 0 Å². The largest absolute Gasteiger partial charge is 0.416 e. The van der Waals surface area contributed by atoms with E-state index in [1.165, 1.54) is 4.68 Å². The summed E-state index contributed by atoms with van der Waals surface area (Å²) in [6.07, 6.45) is -1.21. The van der Waals surface area contributed by atoms with E-state index in [1.54, 1.807) is 13.0 Å². The maximum atomic E-state index is 13.2. The van der Waals surface area contributed by atoms with Crippen molar-refractivity contribution in [2.24, 2.45) is 0 Å². The van der Waals surface area contributed by atoms with Gasteiger partial charge in [0.15, 0.2) is 5.82 Å². The van der Waals surface area contributed by atoms with Crippen LogP contribution in [0.3, 0.4) is 0 Å². The van der Waals surface area contributed by atoms with Crippen molar-refractivity contribution in [2.45, 2.75) is 39.0 Å². The molecule has 9 heteroatoms. The number of tetrazole rings is 1. The fourth-order valence-corrected chi connectivity index (χ4v) is 2.67. The number of hydrogen-bond acceptors (Lipinski definition) is 5. The maximum Gasteiger partial charge on any atom is 0.416 e. The molecule has 0 unspecified atom stereocenters. The van der Waals surface area contributed by atoms with E-state index in [0.29, 0.717) is 11.4 Å². The molecule has 24 heavy (non-hydrogen) atoms. The summed E-state index contributed by atoms with van der Waals surface area (Å²) in [5, 5.41) is 12.7. The first-order chi connectivity index (χ1) is 11.4. The van der Waals surface area contributed by atoms with Gasteiger partial charge in [0.2, 0.25) is 0 Å². The molecule has 0 amide bonds. The van der Waals surface area contributed by atoms with Crippen molar-refractivity contribution in [3.63, 3.8) is 0 Å². The highest BCUT2D eigenvalue weighted by Crippen LogP contribution is 2.32. The van der Waals surface area contributed by atoms with E-state index in [1.807, 2.05) is 5.06 Å². The van der Waals surface area contributed by atoms with Crippen LogP contribution in [0.15, 0.2) is 18.2 Å². The number of rotatable bonds is 4. The number of alkyl halides is 3. The minimum absolute atomic E-state index is 0.0814. The smallest absolute Gasteiger partial charge is 0.294 e. The SMILES string of the molecule is Cc1nnnn1-c1cc(CON2CCCCC2)cc(C(F)(F)F)c1. The number of aromatic nitrogens is 4. The molecule has 0 radical (unpaired) electrons. The topological polar surface area (TPSA) is 56.1 Å². The Kier molecular flexibility index (Phi) is 4.81. The lowest BCUT2D eigenvalue weighted by molar-refractivity contribution is -0.178. The molecule has 1 aromatic heterocycles. The van der Waals surface area contributed by atoms with Crippen molar-refractivity contribution in [1.82, 2.24) is 25.3 Å². The Morgan fingerprint density at radius 1 is 1.12 bits per heavy atom. The first-order valence-electron chi connectivity index (χ1n) is 7.78. The van der Waals surface area contributed by atoms with Crippen LogP contribution in [0.2, 0.25) is 0 Å². The van der Waals surface area contributed by atoms with Crippen molar-refractivity contribution in [2.75, 3.05) is 13.1 Å². The zero-order valence-corrected chi connectivity index (χ0v) is 13.3. The number of aryl methyl sites for hydroxylation is 1. The molecule has 2 heterocycles. The van der Waals surface area contributed by atoms with E-state index in [0.717, 1.165) is 44.5 Å². The molecule has 0 spiro atoms. The Bertz CT molecular complexity index is 695. The fourth-order valence-electron chi connectivity index (χ4n) is 2.67. The monoisotopic (exact) mass is 341 g/mol. The summed E-state index contributed by atoms with van der Waals surface area (Å²) in [5.41, 5.74) is -0.0444. The molecule has 2 aromatic rings. The number of benzene rings is 1. The van der Waals surface area contributed by atoms with Gasteiger partial charge in [-0.2, -0.15) is 22.9 Å². The second-order valence-electron chi connectivity index (χ2n) is 5.79. The average Bonchev–Trinajstić information content (AvgIpc) is 2.99. The zero-order valence-electron chi connectivity index (χ0n) is 13.3. The Hall–Kier alpha value is -2.00. The van der Waals surface area contributed by atoms with Crippen molar-refractivity contribution in [3.8, 4) is 5.69 Å². The molecule has 130 valence electrons. The lowest BCUT2D eigenvalue weighted by atomic mass is 10.1. The van der Waals surface area contributed by atoms with Crippen LogP contribution in [0.5, 0.6) is 0 Å². The van der Waals surface area contributed by atoms with Gasteiger partial charge in [-0.3, -0.25) is 4.84 Å². The van der Waals surface area contributed by atoms with Crippen molar-refractivity contribution < 1.29 is 18.0 Å². The first-order valence-corrected chi connectivity index (χ1v) is 7.78. The van der Waals surface area contributed by atoms with Gasteiger partial charge >= 0.3 is 6.18 Å². The van der Waals surface area contributed by atoms with Gasteiger partial charge in [0.25, 0.3) is 0 Å². The summed E-state index contributed by atoms with van der Waals surface area (Å²) in [6.45, 7) is 3.32. The number of piperidine rings is 1. The van der Waals surface area contributed by atoms with E-state index in [4.69, 9.17) is 4.84 Å². The molecule has 0 saturated carbocycles. The molecule has 1 aromatic carbocycles. The standard InChI is InChI=1S/C15H18F3N5O/c1-11-19-20-21-23(11)14-8-12(7-13(9-14)15(16,17)18)10-24-22-5-3-2-4-6-22/h7-9H,2-6,10H2,1H3. The average molecular weight is 341 g/mol. The van der Waals surface area contributed by atoms with Gasteiger partial charge < -0.3 is 0 Å². The third-order valence-electron chi connectivity index (χ3n) is 3.90. The molecule has 0 N–H and O–H groups in total. The quantitative estimate of drug-likeness (QED) is 0.856. The van der Waals surface area contributed by atoms with Crippen molar-refractivity contribution in [3.05, 3.63) is 35.2 Å². The zero-order chi connectivity index (χ0) is 17.2. The second-order valence-corrected chi connectivity index (χ2v) is 5.79. The van der Waals surface area contributed by atoms with E-state index in [-0.39, 0.29) is 12.3 Å². The van der Waals surface area contributed by atoms with Crippen LogP contribution in [0.25, 0.3) is 5.69 Å². The van der Waals surface area contributed by atoms with Crippen LogP contribution < -0.4 is 0 Å². The summed E-state index contributed by atoms with van der Waals surface area (Å²) in [4.78, 5) is 5.64. The van der Waals surface area contributed by atoms with Crippen LogP contribution in [-0.4, -0.2) is 38.4 Å². The van der Waals surface area contributed by atoms with Gasteiger partial charge in [0.1, 0.15) is 0 Å². The molecule has 0 bridgehead atoms.